The van der Waals surface area contributed by atoms with Crippen LogP contribution in [0.5, 0.6) is 0 Å². The highest BCUT2D eigenvalue weighted by molar-refractivity contribution is 5.92. The van der Waals surface area contributed by atoms with E-state index in [2.05, 4.69) is 15.7 Å². The van der Waals surface area contributed by atoms with Crippen LogP contribution >= 0.6 is 0 Å². The minimum atomic E-state index is -0.415. The average molecular weight is 298 g/mol. The van der Waals surface area contributed by atoms with E-state index in [1.807, 2.05) is 30.3 Å². The minimum Gasteiger partial charge on any atom is -0.350 e. The lowest BCUT2D eigenvalue weighted by Crippen LogP contribution is -2.48. The number of hydrogen-bond donors (Lipinski definition) is 2. The number of carbonyl (C=O) groups is 1. The van der Waals surface area contributed by atoms with Crippen LogP contribution in [0, 0.1) is 12.8 Å². The van der Waals surface area contributed by atoms with E-state index in [0.717, 1.165) is 18.8 Å². The number of nitrogens with one attached hydrogen (secondary N) is 2. The molecule has 2 aromatic rings. The van der Waals surface area contributed by atoms with Crippen molar-refractivity contribution in [3.63, 3.8) is 0 Å². The first-order valence-electron chi connectivity index (χ1n) is 7.30. The fourth-order valence-corrected chi connectivity index (χ4v) is 2.35. The zero-order valence-corrected chi connectivity index (χ0v) is 12.4. The van der Waals surface area contributed by atoms with Crippen molar-refractivity contribution >= 4 is 5.91 Å². The van der Waals surface area contributed by atoms with Gasteiger partial charge in [-0.25, -0.2) is 4.68 Å². The maximum atomic E-state index is 12.2. The van der Waals surface area contributed by atoms with Crippen molar-refractivity contribution in [3.05, 3.63) is 58.0 Å². The first-order valence-corrected chi connectivity index (χ1v) is 7.30. The molecule has 2 N–H and O–H groups in total. The highest BCUT2D eigenvalue weighted by atomic mass is 16.2. The van der Waals surface area contributed by atoms with E-state index in [1.165, 1.54) is 6.07 Å². The molecule has 1 saturated heterocycles. The Morgan fingerprint density at radius 2 is 2.09 bits per heavy atom. The Balaban J connectivity index is 1.87. The molecule has 22 heavy (non-hydrogen) atoms. The molecule has 1 aliphatic rings. The molecule has 0 bridgehead atoms. The molecule has 6 heteroatoms. The molecular weight excluding hydrogens is 280 g/mol. The lowest BCUT2D eigenvalue weighted by atomic mass is 10.0. The van der Waals surface area contributed by atoms with Crippen molar-refractivity contribution in [1.29, 1.82) is 0 Å². The summed E-state index contributed by atoms with van der Waals surface area (Å²) in [5.41, 5.74) is 1.09. The first-order chi connectivity index (χ1) is 10.6. The van der Waals surface area contributed by atoms with Gasteiger partial charge < -0.3 is 10.6 Å². The summed E-state index contributed by atoms with van der Waals surface area (Å²) in [4.78, 5) is 24.2. The lowest BCUT2D eigenvalue weighted by Gasteiger charge is -2.26. The Morgan fingerprint density at radius 1 is 1.36 bits per heavy atom. The topological polar surface area (TPSA) is 76.0 Å². The molecule has 0 aliphatic carbocycles. The summed E-state index contributed by atoms with van der Waals surface area (Å²) in [5, 5.41) is 10.2. The Morgan fingerprint density at radius 3 is 2.73 bits per heavy atom. The molecule has 0 atom stereocenters. The van der Waals surface area contributed by atoms with E-state index in [0.29, 0.717) is 18.2 Å². The van der Waals surface area contributed by atoms with Gasteiger partial charge in [0, 0.05) is 37.3 Å². The zero-order chi connectivity index (χ0) is 15.5. The monoisotopic (exact) mass is 298 g/mol. The van der Waals surface area contributed by atoms with Gasteiger partial charge in [0.2, 0.25) is 5.43 Å². The van der Waals surface area contributed by atoms with Crippen LogP contribution in [0.15, 0.2) is 41.2 Å². The number of para-hydroxylation sites is 1. The van der Waals surface area contributed by atoms with Gasteiger partial charge in [-0.2, -0.15) is 5.10 Å². The smallest absolute Gasteiger partial charge is 0.275 e. The second-order valence-electron chi connectivity index (χ2n) is 5.48. The van der Waals surface area contributed by atoms with Gasteiger partial charge in [0.1, 0.15) is 0 Å². The van der Waals surface area contributed by atoms with E-state index < -0.39 is 5.91 Å². The third-order valence-electron chi connectivity index (χ3n) is 3.74. The number of amides is 1. The quantitative estimate of drug-likeness (QED) is 0.861. The van der Waals surface area contributed by atoms with Crippen LogP contribution in [0.2, 0.25) is 0 Å². The Labute approximate surface area is 128 Å². The summed E-state index contributed by atoms with van der Waals surface area (Å²) in [7, 11) is 0. The van der Waals surface area contributed by atoms with Crippen LogP contribution < -0.4 is 16.1 Å². The van der Waals surface area contributed by atoms with Gasteiger partial charge in [-0.1, -0.05) is 18.2 Å². The molecular formula is C16H18N4O2. The Bertz CT molecular complexity index is 736. The predicted octanol–water partition coefficient (Wildman–Crippen LogP) is 0.490. The third-order valence-corrected chi connectivity index (χ3v) is 3.74. The van der Waals surface area contributed by atoms with Gasteiger partial charge in [0.15, 0.2) is 5.69 Å². The number of hydrogen-bond acceptors (Lipinski definition) is 4. The molecule has 0 spiro atoms. The average Bonchev–Trinajstić information content (AvgIpc) is 2.46. The lowest BCUT2D eigenvalue weighted by molar-refractivity contribution is 0.0934. The summed E-state index contributed by atoms with van der Waals surface area (Å²) in [6.45, 7) is 4.15. The molecule has 0 radical (unpaired) electrons. The number of benzene rings is 1. The van der Waals surface area contributed by atoms with E-state index in [1.54, 1.807) is 11.6 Å². The van der Waals surface area contributed by atoms with Crippen LogP contribution in [-0.4, -0.2) is 35.3 Å². The van der Waals surface area contributed by atoms with E-state index >= 15 is 0 Å². The molecule has 6 nitrogen and oxygen atoms in total. The van der Waals surface area contributed by atoms with Crippen molar-refractivity contribution in [2.75, 3.05) is 19.6 Å². The third kappa shape index (κ3) is 2.92. The molecule has 1 aliphatic heterocycles. The first kappa shape index (κ1) is 14.5. The second-order valence-corrected chi connectivity index (χ2v) is 5.48. The summed E-state index contributed by atoms with van der Waals surface area (Å²) >= 11 is 0. The molecule has 1 fully saturated rings. The summed E-state index contributed by atoms with van der Waals surface area (Å²) in [5.74, 6) is 0.0207. The molecule has 2 heterocycles. The van der Waals surface area contributed by atoms with Gasteiger partial charge in [0.25, 0.3) is 5.91 Å². The van der Waals surface area contributed by atoms with Crippen LogP contribution in [0.25, 0.3) is 5.69 Å². The zero-order valence-electron chi connectivity index (χ0n) is 12.4. The largest absolute Gasteiger partial charge is 0.350 e. The van der Waals surface area contributed by atoms with Gasteiger partial charge in [-0.3, -0.25) is 9.59 Å². The SMILES string of the molecule is Cc1cc(=O)c(C(=O)NCC2CNC2)nn1-c1ccccc1. The molecule has 3 rings (SSSR count). The van der Waals surface area contributed by atoms with Gasteiger partial charge >= 0.3 is 0 Å². The highest BCUT2D eigenvalue weighted by Crippen LogP contribution is 2.08. The Hall–Kier alpha value is -2.47. The standard InChI is InChI=1S/C16H18N4O2/c1-11-7-14(21)15(16(22)18-10-12-8-17-9-12)19-20(11)13-5-3-2-4-6-13/h2-7,12,17H,8-10H2,1H3,(H,18,22). The number of nitrogens with zero attached hydrogens (tertiary/aromatic N) is 2. The van der Waals surface area contributed by atoms with Crippen LogP contribution in [0.1, 0.15) is 16.2 Å². The second kappa shape index (κ2) is 6.11. The Kier molecular flexibility index (Phi) is 4.02. The normalized spacial score (nSPS) is 14.4. The predicted molar refractivity (Wildman–Crippen MR) is 83.3 cm³/mol. The van der Waals surface area contributed by atoms with Crippen LogP contribution in [0.3, 0.4) is 0 Å². The van der Waals surface area contributed by atoms with Crippen LogP contribution in [-0.2, 0) is 0 Å². The van der Waals surface area contributed by atoms with Gasteiger partial charge in [-0.15, -0.1) is 0 Å². The molecule has 1 aromatic carbocycles. The summed E-state index contributed by atoms with van der Waals surface area (Å²) in [6, 6.07) is 10.9. The van der Waals surface area contributed by atoms with Crippen molar-refractivity contribution in [1.82, 2.24) is 20.4 Å². The highest BCUT2D eigenvalue weighted by Gasteiger charge is 2.20. The minimum absolute atomic E-state index is 0.0678. The number of aromatic nitrogens is 2. The molecule has 0 unspecified atom stereocenters. The maximum absolute atomic E-state index is 12.2. The number of rotatable bonds is 4. The molecule has 1 amide bonds. The van der Waals surface area contributed by atoms with Crippen LogP contribution in [0.4, 0.5) is 0 Å². The van der Waals surface area contributed by atoms with Crippen molar-refractivity contribution in [3.8, 4) is 5.69 Å². The molecule has 114 valence electrons. The van der Waals surface area contributed by atoms with E-state index in [-0.39, 0.29) is 11.1 Å². The van der Waals surface area contributed by atoms with Crippen molar-refractivity contribution < 1.29 is 4.79 Å². The van der Waals surface area contributed by atoms with E-state index in [9.17, 15) is 9.59 Å². The number of aryl methyl sites for hydroxylation is 1. The van der Waals surface area contributed by atoms with E-state index in [4.69, 9.17) is 0 Å². The fraction of sp³-hybridized carbons (Fsp3) is 0.312. The van der Waals surface area contributed by atoms with Gasteiger partial charge in [-0.05, 0) is 19.1 Å². The van der Waals surface area contributed by atoms with Crippen molar-refractivity contribution in [2.45, 2.75) is 6.92 Å². The maximum Gasteiger partial charge on any atom is 0.275 e. The van der Waals surface area contributed by atoms with Crippen molar-refractivity contribution in [2.24, 2.45) is 5.92 Å². The summed E-state index contributed by atoms with van der Waals surface area (Å²) in [6.07, 6.45) is 0. The summed E-state index contributed by atoms with van der Waals surface area (Å²) < 4.78 is 1.61. The molecule has 1 aromatic heterocycles. The molecule has 0 saturated carbocycles. The number of carbonyl (C=O) groups excluding carboxylic acids is 1. The van der Waals surface area contributed by atoms with Gasteiger partial charge in [0.05, 0.1) is 5.69 Å². The fourth-order valence-electron chi connectivity index (χ4n) is 2.35.